The number of Topliss-reactive ketones (excluding diaryl/α,β-unsaturated/α-hetero) is 1. The summed E-state index contributed by atoms with van der Waals surface area (Å²) in [5.41, 5.74) is 0. The molecule has 1 aliphatic rings. The number of hydrogen-bond acceptors (Lipinski definition) is 4. The number of aliphatic hydroxyl groups is 3. The molecule has 0 aromatic rings. The van der Waals surface area contributed by atoms with Gasteiger partial charge in [-0.25, -0.2) is 6.61 Å². The summed E-state index contributed by atoms with van der Waals surface area (Å²) in [5, 5.41) is 28.7. The monoisotopic (exact) mass is 467 g/mol. The van der Waals surface area contributed by atoms with Gasteiger partial charge in [0, 0.05) is 27.5 Å². The zero-order valence-corrected chi connectivity index (χ0v) is 15.6. The van der Waals surface area contributed by atoms with Crippen LogP contribution in [0.2, 0.25) is 0 Å². The molecule has 0 amide bonds. The van der Waals surface area contributed by atoms with Gasteiger partial charge in [0.05, 0.1) is 12.2 Å². The summed E-state index contributed by atoms with van der Waals surface area (Å²) in [6, 6.07) is 0. The Bertz CT molecular complexity index is 319. The Morgan fingerprint density at radius 2 is 1.90 bits per heavy atom. The fraction of sp³-hybridized carbons (Fsp3) is 0.750. The van der Waals surface area contributed by atoms with Gasteiger partial charge >= 0.3 is 0 Å². The first kappa shape index (κ1) is 21.0. The van der Waals surface area contributed by atoms with Crippen molar-refractivity contribution in [1.29, 1.82) is 0 Å². The van der Waals surface area contributed by atoms with Crippen LogP contribution in [0.3, 0.4) is 0 Å². The molecule has 0 aromatic carbocycles. The largest absolute Gasteiger partial charge is 0.566 e. The summed E-state index contributed by atoms with van der Waals surface area (Å²) < 4.78 is 0. The van der Waals surface area contributed by atoms with Crippen molar-refractivity contribution < 1.29 is 41.2 Å². The Morgan fingerprint density at radius 3 is 2.52 bits per heavy atom. The Morgan fingerprint density at radius 1 is 1.24 bits per heavy atom. The van der Waals surface area contributed by atoms with Crippen LogP contribution >= 0.6 is 0 Å². The van der Waals surface area contributed by atoms with Crippen molar-refractivity contribution in [2.75, 3.05) is 0 Å². The van der Waals surface area contributed by atoms with Gasteiger partial charge in [-0.1, -0.05) is 18.6 Å². The van der Waals surface area contributed by atoms with Crippen molar-refractivity contribution in [3.63, 3.8) is 0 Å². The van der Waals surface area contributed by atoms with Gasteiger partial charge in [0.1, 0.15) is 5.78 Å². The fourth-order valence-electron chi connectivity index (χ4n) is 3.01. The predicted octanol–water partition coefficient (Wildman–Crippen LogP) is 2.36. The van der Waals surface area contributed by atoms with E-state index >= 15 is 0 Å². The summed E-state index contributed by atoms with van der Waals surface area (Å²) in [6.45, 7) is 2.72. The third-order valence-electron chi connectivity index (χ3n) is 4.13. The second kappa shape index (κ2) is 11.5. The summed E-state index contributed by atoms with van der Waals surface area (Å²) in [4.78, 5) is 10.8. The van der Waals surface area contributed by atoms with E-state index in [1.54, 1.807) is 6.92 Å². The van der Waals surface area contributed by atoms with Crippen molar-refractivity contribution in [2.24, 2.45) is 11.8 Å². The number of rotatable bonds is 9. The molecule has 0 spiro atoms. The van der Waals surface area contributed by atoms with Crippen molar-refractivity contribution in [3.8, 4) is 0 Å². The summed E-state index contributed by atoms with van der Waals surface area (Å²) in [6.07, 6.45) is 7.95. The maximum Gasteiger partial charge on any atom is 0.129 e. The van der Waals surface area contributed by atoms with Gasteiger partial charge < -0.3 is 20.1 Å². The van der Waals surface area contributed by atoms with Crippen LogP contribution in [-0.4, -0.2) is 33.3 Å². The first-order valence-corrected chi connectivity index (χ1v) is 7.52. The number of unbranched alkanes of at least 4 members (excludes halogenated alkanes) is 1. The average molecular weight is 467 g/mol. The molecule has 3 N–H and O–H groups in total. The second-order valence-corrected chi connectivity index (χ2v) is 5.76. The number of allylic oxidation sites excluding steroid dienone is 2. The van der Waals surface area contributed by atoms with E-state index in [9.17, 15) is 15.0 Å². The molecule has 4 nitrogen and oxygen atoms in total. The SMILES string of the molecule is CC(=O)CCC/C=C\C[C@@H]1[C@@H](CC[CH-]O)[C@H](O)C[C@@H]1O.[W]. The van der Waals surface area contributed by atoms with Gasteiger partial charge in [0.15, 0.2) is 0 Å². The minimum Gasteiger partial charge on any atom is -0.566 e. The molecule has 0 aliphatic heterocycles. The van der Waals surface area contributed by atoms with E-state index in [2.05, 4.69) is 6.08 Å². The molecule has 5 heteroatoms. The van der Waals surface area contributed by atoms with E-state index in [1.165, 1.54) is 0 Å². The number of aliphatic hydroxyl groups excluding tert-OH is 3. The van der Waals surface area contributed by atoms with E-state index in [-0.39, 0.29) is 38.7 Å². The van der Waals surface area contributed by atoms with Crippen molar-refractivity contribution in [2.45, 2.75) is 64.1 Å². The van der Waals surface area contributed by atoms with Crippen molar-refractivity contribution in [1.82, 2.24) is 0 Å². The van der Waals surface area contributed by atoms with Crippen LogP contribution in [0.15, 0.2) is 12.2 Å². The van der Waals surface area contributed by atoms with Crippen LogP contribution < -0.4 is 0 Å². The molecule has 0 aromatic heterocycles. The quantitative estimate of drug-likeness (QED) is 0.277. The molecule has 0 saturated heterocycles. The normalized spacial score (nSPS) is 28.8. The third kappa shape index (κ3) is 7.69. The van der Waals surface area contributed by atoms with E-state index in [0.29, 0.717) is 25.7 Å². The van der Waals surface area contributed by atoms with Gasteiger partial charge in [-0.15, -0.1) is 0 Å². The number of hydrogen-bond donors (Lipinski definition) is 3. The van der Waals surface area contributed by atoms with E-state index in [4.69, 9.17) is 5.11 Å². The minimum atomic E-state index is -0.471. The van der Waals surface area contributed by atoms with E-state index < -0.39 is 12.2 Å². The maximum atomic E-state index is 10.8. The van der Waals surface area contributed by atoms with E-state index in [0.717, 1.165) is 25.9 Å². The van der Waals surface area contributed by atoms with Crippen LogP contribution in [0.1, 0.15) is 51.9 Å². The van der Waals surface area contributed by atoms with E-state index in [1.807, 2.05) is 6.08 Å². The Kier molecular flexibility index (Phi) is 11.5. The van der Waals surface area contributed by atoms with Gasteiger partial charge in [-0.05, 0) is 44.4 Å². The standard InChI is InChI=1S/C16H27O4.W/c1-12(18)7-4-2-3-5-8-13-14(9-6-10-17)16(20)11-15(13)19;/h3,5,10,13-17,19-20H,2,4,6-9,11H2,1H3;/q-1;/b5-3-;/t13-,14-,15+,16-;/m1./s1. The third-order valence-corrected chi connectivity index (χ3v) is 4.13. The molecule has 0 bridgehead atoms. The van der Waals surface area contributed by atoms with Crippen LogP contribution in [0.4, 0.5) is 0 Å². The summed E-state index contributed by atoms with van der Waals surface area (Å²) >= 11 is 0. The average Bonchev–Trinajstić information content (AvgIpc) is 2.65. The fourth-order valence-corrected chi connectivity index (χ4v) is 3.01. The Balaban J connectivity index is 0.00000400. The van der Waals surface area contributed by atoms with Gasteiger partial charge in [0.25, 0.3) is 0 Å². The molecule has 122 valence electrons. The molecule has 1 saturated carbocycles. The van der Waals surface area contributed by atoms with Gasteiger partial charge in [0.2, 0.25) is 0 Å². The minimum absolute atomic E-state index is 0. The first-order valence-electron chi connectivity index (χ1n) is 7.52. The second-order valence-electron chi connectivity index (χ2n) is 5.76. The van der Waals surface area contributed by atoms with Crippen molar-refractivity contribution in [3.05, 3.63) is 18.8 Å². The maximum absolute atomic E-state index is 10.8. The van der Waals surface area contributed by atoms with Crippen molar-refractivity contribution >= 4 is 5.78 Å². The Hall–Kier alpha value is -0.0217. The topological polar surface area (TPSA) is 77.8 Å². The molecule has 0 unspecified atom stereocenters. The molecule has 1 fully saturated rings. The molecule has 1 aliphatic carbocycles. The number of carbonyl (C=O) groups excluding carboxylic acids is 1. The van der Waals surface area contributed by atoms with Crippen LogP contribution in [-0.2, 0) is 25.9 Å². The summed E-state index contributed by atoms with van der Waals surface area (Å²) in [7, 11) is 0. The van der Waals surface area contributed by atoms with Crippen LogP contribution in [0, 0.1) is 18.4 Å². The Labute approximate surface area is 141 Å². The number of ketones is 1. The van der Waals surface area contributed by atoms with Gasteiger partial charge in [-0.2, -0.15) is 6.42 Å². The molecule has 1 rings (SSSR count). The molecule has 4 atom stereocenters. The zero-order valence-electron chi connectivity index (χ0n) is 12.6. The molecular weight excluding hydrogens is 440 g/mol. The number of carbonyl (C=O) groups is 1. The first-order chi connectivity index (χ1) is 9.56. The van der Waals surface area contributed by atoms with Crippen LogP contribution in [0.25, 0.3) is 0 Å². The molecule has 0 heterocycles. The molecule has 0 radical (unpaired) electrons. The van der Waals surface area contributed by atoms with Gasteiger partial charge in [-0.3, -0.25) is 0 Å². The zero-order chi connectivity index (χ0) is 15.0. The smallest absolute Gasteiger partial charge is 0.129 e. The summed E-state index contributed by atoms with van der Waals surface area (Å²) in [5.74, 6) is 0.331. The van der Waals surface area contributed by atoms with Crippen LogP contribution in [0.5, 0.6) is 0 Å². The molecule has 21 heavy (non-hydrogen) atoms. The predicted molar refractivity (Wildman–Crippen MR) is 77.4 cm³/mol. The molecular formula is C16H27O4W-.